The Labute approximate surface area is 97.3 Å². The number of aliphatic hydroxyl groups is 1. The monoisotopic (exact) mass is 220 g/mol. The molecule has 1 N–H and O–H groups in total. The molecule has 0 saturated carbocycles. The normalized spacial score (nSPS) is 18.1. The minimum absolute atomic E-state index is 0.188. The van der Waals surface area contributed by atoms with Crippen molar-refractivity contribution in [3.05, 3.63) is 29.3 Å². The number of para-hydroxylation sites is 1. The average molecular weight is 220 g/mol. The van der Waals surface area contributed by atoms with Crippen molar-refractivity contribution in [2.75, 3.05) is 6.61 Å². The molecule has 0 bridgehead atoms. The second-order valence-corrected chi connectivity index (χ2v) is 4.82. The number of hydrogen-bond donors (Lipinski definition) is 1. The zero-order valence-electron chi connectivity index (χ0n) is 10.3. The Bertz CT molecular complexity index is 384. The number of benzene rings is 1. The zero-order valence-corrected chi connectivity index (χ0v) is 10.3. The van der Waals surface area contributed by atoms with Crippen molar-refractivity contribution in [3.8, 4) is 5.75 Å². The molecule has 1 unspecified atom stereocenters. The minimum atomic E-state index is -0.768. The van der Waals surface area contributed by atoms with E-state index < -0.39 is 5.60 Å². The molecular formula is C14H20O2. The molecule has 1 aromatic rings. The first-order chi connectivity index (χ1) is 7.59. The van der Waals surface area contributed by atoms with Gasteiger partial charge in [-0.3, -0.25) is 0 Å². The van der Waals surface area contributed by atoms with Gasteiger partial charge in [0.25, 0.3) is 0 Å². The molecule has 0 radical (unpaired) electrons. The number of fused-ring (bicyclic) bond motifs is 1. The molecule has 0 aliphatic carbocycles. The first-order valence-corrected chi connectivity index (χ1v) is 6.07. The molecule has 0 saturated heterocycles. The lowest BCUT2D eigenvalue weighted by atomic mass is 9.80. The summed E-state index contributed by atoms with van der Waals surface area (Å²) in [4.78, 5) is 0. The zero-order chi connectivity index (χ0) is 11.8. The highest BCUT2D eigenvalue weighted by molar-refractivity contribution is 5.47. The summed E-state index contributed by atoms with van der Waals surface area (Å²) in [5.41, 5.74) is 1.42. The predicted octanol–water partition coefficient (Wildman–Crippen LogP) is 2.88. The van der Waals surface area contributed by atoms with Gasteiger partial charge in [-0.1, -0.05) is 39.0 Å². The number of hydrogen-bond acceptors (Lipinski definition) is 2. The van der Waals surface area contributed by atoms with E-state index in [0.717, 1.165) is 24.3 Å². The van der Waals surface area contributed by atoms with Gasteiger partial charge in [0.1, 0.15) is 5.75 Å². The Balaban J connectivity index is 2.51. The second kappa shape index (κ2) is 4.10. The van der Waals surface area contributed by atoms with Gasteiger partial charge < -0.3 is 9.84 Å². The van der Waals surface area contributed by atoms with E-state index in [4.69, 9.17) is 4.74 Å². The maximum atomic E-state index is 10.8. The Kier molecular flexibility index (Phi) is 2.94. The van der Waals surface area contributed by atoms with Crippen LogP contribution in [0.15, 0.2) is 18.2 Å². The summed E-state index contributed by atoms with van der Waals surface area (Å²) in [6.07, 6.45) is 1.67. The third-order valence-electron chi connectivity index (χ3n) is 3.67. The highest BCUT2D eigenvalue weighted by Crippen LogP contribution is 2.41. The molecule has 2 rings (SSSR count). The maximum Gasteiger partial charge on any atom is 0.128 e. The summed E-state index contributed by atoms with van der Waals surface area (Å²) in [6, 6.07) is 6.10. The Morgan fingerprint density at radius 2 is 2.19 bits per heavy atom. The molecule has 0 spiro atoms. The van der Waals surface area contributed by atoms with Crippen molar-refractivity contribution in [2.24, 2.45) is 5.92 Å². The van der Waals surface area contributed by atoms with Crippen LogP contribution in [0.2, 0.25) is 0 Å². The highest BCUT2D eigenvalue weighted by Gasteiger charge is 2.35. The average Bonchev–Trinajstić information content (AvgIpc) is 2.75. The first kappa shape index (κ1) is 11.5. The molecule has 1 aromatic carbocycles. The van der Waals surface area contributed by atoms with Crippen molar-refractivity contribution in [1.29, 1.82) is 0 Å². The molecule has 1 heterocycles. The van der Waals surface area contributed by atoms with Crippen molar-refractivity contribution >= 4 is 0 Å². The van der Waals surface area contributed by atoms with Crippen molar-refractivity contribution in [1.82, 2.24) is 0 Å². The Morgan fingerprint density at radius 3 is 2.81 bits per heavy atom. The highest BCUT2D eigenvalue weighted by atomic mass is 16.5. The van der Waals surface area contributed by atoms with Crippen LogP contribution in [-0.4, -0.2) is 11.7 Å². The third kappa shape index (κ3) is 1.61. The van der Waals surface area contributed by atoms with Crippen molar-refractivity contribution < 1.29 is 9.84 Å². The van der Waals surface area contributed by atoms with Gasteiger partial charge in [0, 0.05) is 12.0 Å². The van der Waals surface area contributed by atoms with E-state index in [-0.39, 0.29) is 5.92 Å². The van der Waals surface area contributed by atoms with Gasteiger partial charge in [-0.25, -0.2) is 0 Å². The Morgan fingerprint density at radius 1 is 1.44 bits per heavy atom. The molecule has 16 heavy (non-hydrogen) atoms. The lowest BCUT2D eigenvalue weighted by Gasteiger charge is -2.32. The summed E-state index contributed by atoms with van der Waals surface area (Å²) in [7, 11) is 0. The summed E-state index contributed by atoms with van der Waals surface area (Å²) in [5, 5.41) is 10.8. The first-order valence-electron chi connectivity index (χ1n) is 6.07. The van der Waals surface area contributed by atoms with Gasteiger partial charge in [0.15, 0.2) is 0 Å². The van der Waals surface area contributed by atoms with E-state index >= 15 is 0 Å². The van der Waals surface area contributed by atoms with Crippen LogP contribution in [-0.2, 0) is 12.0 Å². The van der Waals surface area contributed by atoms with Crippen LogP contribution in [0.5, 0.6) is 5.75 Å². The third-order valence-corrected chi connectivity index (χ3v) is 3.67. The van der Waals surface area contributed by atoms with Gasteiger partial charge in [0.05, 0.1) is 12.2 Å². The molecule has 0 amide bonds. The number of rotatable bonds is 3. The van der Waals surface area contributed by atoms with E-state index in [1.54, 1.807) is 0 Å². The SMILES string of the molecule is CCC(O)(c1cccc2c1OCC2)C(C)C. The molecule has 1 aliphatic rings. The van der Waals surface area contributed by atoms with E-state index in [0.29, 0.717) is 6.42 Å². The molecule has 2 nitrogen and oxygen atoms in total. The topological polar surface area (TPSA) is 29.5 Å². The second-order valence-electron chi connectivity index (χ2n) is 4.82. The van der Waals surface area contributed by atoms with Gasteiger partial charge in [-0.05, 0) is 17.9 Å². The minimum Gasteiger partial charge on any atom is -0.493 e. The van der Waals surface area contributed by atoms with E-state index in [2.05, 4.69) is 19.9 Å². The smallest absolute Gasteiger partial charge is 0.128 e. The standard InChI is InChI=1S/C14H20O2/c1-4-14(15,10(2)3)12-7-5-6-11-8-9-16-13(11)12/h5-7,10,15H,4,8-9H2,1-3H3. The fourth-order valence-electron chi connectivity index (χ4n) is 2.47. The quantitative estimate of drug-likeness (QED) is 0.848. The van der Waals surface area contributed by atoms with Crippen LogP contribution in [0.25, 0.3) is 0 Å². The Hall–Kier alpha value is -1.02. The van der Waals surface area contributed by atoms with E-state index in [1.807, 2.05) is 19.1 Å². The fourth-order valence-corrected chi connectivity index (χ4v) is 2.47. The van der Waals surface area contributed by atoms with E-state index in [1.165, 1.54) is 5.56 Å². The maximum absolute atomic E-state index is 10.8. The lowest BCUT2D eigenvalue weighted by Crippen LogP contribution is -2.31. The molecule has 88 valence electrons. The molecule has 0 fully saturated rings. The summed E-state index contributed by atoms with van der Waals surface area (Å²) in [6.45, 7) is 6.87. The van der Waals surface area contributed by atoms with Crippen LogP contribution in [0, 0.1) is 5.92 Å². The van der Waals surface area contributed by atoms with Gasteiger partial charge in [0.2, 0.25) is 0 Å². The lowest BCUT2D eigenvalue weighted by molar-refractivity contribution is -0.0159. The summed E-state index contributed by atoms with van der Waals surface area (Å²) in [5.74, 6) is 1.11. The van der Waals surface area contributed by atoms with Gasteiger partial charge >= 0.3 is 0 Å². The van der Waals surface area contributed by atoms with E-state index in [9.17, 15) is 5.11 Å². The van der Waals surface area contributed by atoms with Crippen molar-refractivity contribution in [3.63, 3.8) is 0 Å². The van der Waals surface area contributed by atoms with Crippen LogP contribution in [0.4, 0.5) is 0 Å². The van der Waals surface area contributed by atoms with Gasteiger partial charge in [-0.15, -0.1) is 0 Å². The van der Waals surface area contributed by atoms with Crippen LogP contribution < -0.4 is 4.74 Å². The van der Waals surface area contributed by atoms with Crippen LogP contribution in [0.3, 0.4) is 0 Å². The summed E-state index contributed by atoms with van der Waals surface area (Å²) >= 11 is 0. The van der Waals surface area contributed by atoms with Gasteiger partial charge in [-0.2, -0.15) is 0 Å². The molecular weight excluding hydrogens is 200 g/mol. The molecule has 0 aromatic heterocycles. The largest absolute Gasteiger partial charge is 0.493 e. The molecule has 1 atom stereocenters. The summed E-state index contributed by atoms with van der Waals surface area (Å²) < 4.78 is 5.67. The van der Waals surface area contributed by atoms with Crippen molar-refractivity contribution in [2.45, 2.75) is 39.2 Å². The number of ether oxygens (including phenoxy) is 1. The van der Waals surface area contributed by atoms with Crippen LogP contribution in [0.1, 0.15) is 38.3 Å². The molecule has 2 heteroatoms. The predicted molar refractivity (Wildman–Crippen MR) is 64.7 cm³/mol. The van der Waals surface area contributed by atoms with Crippen LogP contribution >= 0.6 is 0 Å². The molecule has 1 aliphatic heterocycles. The fraction of sp³-hybridized carbons (Fsp3) is 0.571.